The number of nitrogens with two attached hydrogens (primary N) is 1. The van der Waals surface area contributed by atoms with E-state index >= 15 is 0 Å². The first-order valence-corrected chi connectivity index (χ1v) is 12.3. The summed E-state index contributed by atoms with van der Waals surface area (Å²) < 4.78 is 17.3. The lowest BCUT2D eigenvalue weighted by Gasteiger charge is -2.19. The number of hydrogen-bond acceptors (Lipinski definition) is 4. The Morgan fingerprint density at radius 3 is 2.27 bits per heavy atom. The summed E-state index contributed by atoms with van der Waals surface area (Å²) >= 11 is 1.25. The number of rotatable bonds is 7. The smallest absolute Gasteiger partial charge is 0.224 e. The van der Waals surface area contributed by atoms with Gasteiger partial charge in [0.15, 0.2) is 0 Å². The summed E-state index contributed by atoms with van der Waals surface area (Å²) in [5.74, 6) is -0.377. The van der Waals surface area contributed by atoms with E-state index in [9.17, 15) is 14.0 Å². The molecule has 0 saturated heterocycles. The number of anilines is 1. The zero-order chi connectivity index (χ0) is 24.3. The number of carbonyl (C=O) groups excluding carboxylic acids is 2. The maximum atomic E-state index is 14.1. The third-order valence-corrected chi connectivity index (χ3v) is 6.44. The molecule has 0 unspecified atom stereocenters. The van der Waals surface area contributed by atoms with E-state index in [1.165, 1.54) is 37.3 Å². The van der Waals surface area contributed by atoms with E-state index < -0.39 is 0 Å². The van der Waals surface area contributed by atoms with Crippen LogP contribution in [0.4, 0.5) is 10.1 Å². The molecule has 4 N–H and O–H groups in total. The van der Waals surface area contributed by atoms with Gasteiger partial charge in [-0.25, -0.2) is 4.39 Å². The zero-order valence-electron chi connectivity index (χ0n) is 19.8. The fourth-order valence-corrected chi connectivity index (χ4v) is 4.09. The van der Waals surface area contributed by atoms with Crippen molar-refractivity contribution in [2.24, 2.45) is 11.7 Å². The summed E-state index contributed by atoms with van der Waals surface area (Å²) in [5.41, 5.74) is 6.61. The van der Waals surface area contributed by atoms with Crippen molar-refractivity contribution < 1.29 is 14.0 Å². The highest BCUT2D eigenvalue weighted by Crippen LogP contribution is 2.25. The third-order valence-electron chi connectivity index (χ3n) is 5.17. The van der Waals surface area contributed by atoms with Gasteiger partial charge in [-0.05, 0) is 75.7 Å². The van der Waals surface area contributed by atoms with Crippen LogP contribution < -0.4 is 15.8 Å². The molecular formula is C26H36FN3O2S. The molecule has 0 radical (unpaired) electrons. The van der Waals surface area contributed by atoms with Crippen LogP contribution in [0.15, 0.2) is 53.4 Å². The quantitative estimate of drug-likeness (QED) is 0.441. The Labute approximate surface area is 201 Å². The Morgan fingerprint density at radius 2 is 1.73 bits per heavy atom. The first-order chi connectivity index (χ1) is 15.6. The number of hydrogen-bond donors (Lipinski definition) is 3. The monoisotopic (exact) mass is 473 g/mol. The number of primary amides is 1. The molecule has 1 aliphatic rings. The molecule has 0 atom stereocenters. The molecule has 1 saturated carbocycles. The molecular weight excluding hydrogens is 437 g/mol. The van der Waals surface area contributed by atoms with Crippen molar-refractivity contribution in [3.63, 3.8) is 0 Å². The second-order valence-corrected chi connectivity index (χ2v) is 10.2. The normalized spacial score (nSPS) is 14.2. The maximum absolute atomic E-state index is 14.1. The molecule has 0 aromatic heterocycles. The van der Waals surface area contributed by atoms with Gasteiger partial charge in [0.05, 0.1) is 4.90 Å². The van der Waals surface area contributed by atoms with Gasteiger partial charge < -0.3 is 11.1 Å². The first-order valence-electron chi connectivity index (χ1n) is 11.5. The number of aryl methyl sites for hydroxylation is 1. The average Bonchev–Trinajstić information content (AvgIpc) is 2.78. The molecule has 33 heavy (non-hydrogen) atoms. The lowest BCUT2D eigenvalue weighted by Crippen LogP contribution is -2.29. The van der Waals surface area contributed by atoms with Crippen LogP contribution in [0.2, 0.25) is 0 Å². The van der Waals surface area contributed by atoms with Gasteiger partial charge in [0.2, 0.25) is 11.8 Å². The molecule has 0 aliphatic heterocycles. The van der Waals surface area contributed by atoms with Crippen molar-refractivity contribution >= 4 is 29.4 Å². The minimum Gasteiger partial charge on any atom is -0.369 e. The number of nitrogens with one attached hydrogen (secondary N) is 2. The van der Waals surface area contributed by atoms with Crippen LogP contribution in [0, 0.1) is 11.7 Å². The van der Waals surface area contributed by atoms with Gasteiger partial charge in [-0.2, -0.15) is 0 Å². The molecule has 0 heterocycles. The summed E-state index contributed by atoms with van der Waals surface area (Å²) in [4.78, 5) is 23.1. The van der Waals surface area contributed by atoms with Gasteiger partial charge in [0, 0.05) is 23.6 Å². The molecule has 0 bridgehead atoms. The standard InChI is InChI=1S/C19H23FN2OS.C7H13NO/c1-19(2,3)22-24-17-11-10-15(13-16(17)20)21-18(23)12-9-14-7-5-4-6-8-14;8-7(9)6-4-2-1-3-5-6/h4-8,10-11,13,22H,9,12H2,1-3H3,(H,21,23);6H,1-5H2,(H2,8,9). The molecule has 2 aromatic carbocycles. The summed E-state index contributed by atoms with van der Waals surface area (Å²) in [6.07, 6.45) is 6.74. The van der Waals surface area contributed by atoms with Crippen molar-refractivity contribution in [1.82, 2.24) is 4.72 Å². The summed E-state index contributed by atoms with van der Waals surface area (Å²) in [6, 6.07) is 14.6. The minimum absolute atomic E-state index is 0.102. The first kappa shape index (κ1) is 26.9. The molecule has 2 aromatic rings. The topological polar surface area (TPSA) is 84.2 Å². The minimum atomic E-state index is -0.349. The number of halogens is 1. The molecule has 7 heteroatoms. The number of amides is 2. The van der Waals surface area contributed by atoms with Crippen LogP contribution in [-0.2, 0) is 16.0 Å². The van der Waals surface area contributed by atoms with E-state index in [0.717, 1.165) is 18.4 Å². The van der Waals surface area contributed by atoms with Crippen LogP contribution in [-0.4, -0.2) is 17.4 Å². The highest BCUT2D eigenvalue weighted by atomic mass is 32.2. The van der Waals surface area contributed by atoms with Crippen LogP contribution in [0.25, 0.3) is 0 Å². The Balaban J connectivity index is 0.000000357. The van der Waals surface area contributed by atoms with E-state index in [4.69, 9.17) is 5.73 Å². The van der Waals surface area contributed by atoms with Crippen molar-refractivity contribution in [2.75, 3.05) is 5.32 Å². The van der Waals surface area contributed by atoms with E-state index in [1.807, 2.05) is 51.1 Å². The largest absolute Gasteiger partial charge is 0.369 e. The molecule has 3 rings (SSSR count). The predicted molar refractivity (Wildman–Crippen MR) is 134 cm³/mol. The fraction of sp³-hybridized carbons (Fsp3) is 0.462. The van der Waals surface area contributed by atoms with Crippen LogP contribution in [0.5, 0.6) is 0 Å². The Morgan fingerprint density at radius 1 is 1.06 bits per heavy atom. The highest BCUT2D eigenvalue weighted by Gasteiger charge is 2.17. The Bertz CT molecular complexity index is 894. The van der Waals surface area contributed by atoms with Gasteiger partial charge >= 0.3 is 0 Å². The summed E-state index contributed by atoms with van der Waals surface area (Å²) in [6.45, 7) is 6.04. The van der Waals surface area contributed by atoms with Crippen LogP contribution in [0.3, 0.4) is 0 Å². The second kappa shape index (κ2) is 13.4. The predicted octanol–water partition coefficient (Wildman–Crippen LogP) is 5.84. The third kappa shape index (κ3) is 10.9. The van der Waals surface area contributed by atoms with Crippen molar-refractivity contribution in [3.8, 4) is 0 Å². The molecule has 1 fully saturated rings. The average molecular weight is 474 g/mol. The lowest BCUT2D eigenvalue weighted by molar-refractivity contribution is -0.122. The van der Waals surface area contributed by atoms with Gasteiger partial charge in [0.1, 0.15) is 5.82 Å². The van der Waals surface area contributed by atoms with E-state index in [0.29, 0.717) is 23.4 Å². The van der Waals surface area contributed by atoms with Gasteiger partial charge in [0.25, 0.3) is 0 Å². The van der Waals surface area contributed by atoms with Gasteiger partial charge in [-0.1, -0.05) is 49.6 Å². The van der Waals surface area contributed by atoms with E-state index in [-0.39, 0.29) is 29.1 Å². The summed E-state index contributed by atoms with van der Waals surface area (Å²) in [5, 5.41) is 2.74. The molecule has 180 valence electrons. The second-order valence-electron chi connectivity index (χ2n) is 9.37. The van der Waals surface area contributed by atoms with E-state index in [1.54, 1.807) is 12.1 Å². The Hall–Kier alpha value is -2.38. The van der Waals surface area contributed by atoms with Crippen molar-refractivity contribution in [2.45, 2.75) is 76.2 Å². The molecule has 2 amide bonds. The SMILES string of the molecule is CC(C)(C)NSc1ccc(NC(=O)CCc2ccccc2)cc1F.NC(=O)C1CCCCC1. The number of benzene rings is 2. The molecule has 1 aliphatic carbocycles. The van der Waals surface area contributed by atoms with E-state index in [2.05, 4.69) is 10.0 Å². The highest BCUT2D eigenvalue weighted by molar-refractivity contribution is 7.97. The molecule has 5 nitrogen and oxygen atoms in total. The van der Waals surface area contributed by atoms with Gasteiger partial charge in [-0.15, -0.1) is 0 Å². The Kier molecular flexibility index (Phi) is 10.9. The fourth-order valence-electron chi connectivity index (χ4n) is 3.38. The van der Waals surface area contributed by atoms with Crippen LogP contribution >= 0.6 is 11.9 Å². The van der Waals surface area contributed by atoms with Gasteiger partial charge in [-0.3, -0.25) is 14.3 Å². The summed E-state index contributed by atoms with van der Waals surface area (Å²) in [7, 11) is 0. The molecule has 0 spiro atoms. The number of carbonyl (C=O) groups is 2. The van der Waals surface area contributed by atoms with Crippen LogP contribution in [0.1, 0.15) is 64.9 Å². The lowest BCUT2D eigenvalue weighted by atomic mass is 9.89. The zero-order valence-corrected chi connectivity index (χ0v) is 20.6. The van der Waals surface area contributed by atoms with Crippen molar-refractivity contribution in [1.29, 1.82) is 0 Å². The van der Waals surface area contributed by atoms with Crippen molar-refractivity contribution in [3.05, 3.63) is 59.9 Å². The maximum Gasteiger partial charge on any atom is 0.224 e.